The zero-order chi connectivity index (χ0) is 24.9. The van der Waals surface area contributed by atoms with Gasteiger partial charge in [-0.25, -0.2) is 4.68 Å². The first-order valence-electron chi connectivity index (χ1n) is 13.0. The monoisotopic (exact) mass is 486 g/mol. The van der Waals surface area contributed by atoms with Crippen molar-refractivity contribution in [2.45, 2.75) is 38.5 Å². The molecule has 2 aliphatic rings. The molecule has 2 aromatic carbocycles. The molecule has 0 N–H and O–H groups in total. The fraction of sp³-hybridized carbons (Fsp3) is 0.414. The van der Waals surface area contributed by atoms with E-state index in [1.807, 2.05) is 65.7 Å². The average Bonchev–Trinajstić information content (AvgIpc) is 3.21. The molecule has 36 heavy (non-hydrogen) atoms. The predicted octanol–water partition coefficient (Wildman–Crippen LogP) is 4.80. The van der Waals surface area contributed by atoms with Crippen molar-refractivity contribution < 1.29 is 14.3 Å². The van der Waals surface area contributed by atoms with Crippen molar-refractivity contribution in [3.63, 3.8) is 0 Å². The molecule has 7 nitrogen and oxygen atoms in total. The summed E-state index contributed by atoms with van der Waals surface area (Å²) in [6.45, 7) is 2.92. The number of ether oxygens (including phenoxy) is 1. The Balaban J connectivity index is 1.35. The second-order valence-corrected chi connectivity index (χ2v) is 9.71. The third kappa shape index (κ3) is 5.15. The second kappa shape index (κ2) is 11.0. The number of likely N-dealkylation sites (tertiary alicyclic amines) is 2. The first-order valence-corrected chi connectivity index (χ1v) is 13.0. The summed E-state index contributed by atoms with van der Waals surface area (Å²) in [5.41, 5.74) is 2.98. The Bertz CT molecular complexity index is 1170. The van der Waals surface area contributed by atoms with Gasteiger partial charge in [-0.05, 0) is 62.1 Å². The first kappa shape index (κ1) is 24.1. The third-order valence-corrected chi connectivity index (χ3v) is 7.38. The Hall–Kier alpha value is -3.61. The van der Waals surface area contributed by atoms with Gasteiger partial charge >= 0.3 is 0 Å². The van der Waals surface area contributed by atoms with Gasteiger partial charge < -0.3 is 14.5 Å². The standard InChI is InChI=1S/C29H34N4O3/c1-36-25-13-11-22(12-14-25)27-26(21-33(30-27)24-9-5-4-6-10-24)29(35)32-19-15-23(16-20-32)28(34)31-17-7-2-3-8-18-31/h4-6,9-14,21,23H,2-3,7-8,15-20H2,1H3. The second-order valence-electron chi connectivity index (χ2n) is 9.71. The molecule has 5 rings (SSSR count). The molecule has 0 unspecified atom stereocenters. The lowest BCUT2D eigenvalue weighted by Crippen LogP contribution is -2.44. The molecule has 1 aromatic heterocycles. The van der Waals surface area contributed by atoms with Crippen LogP contribution in [0.2, 0.25) is 0 Å². The van der Waals surface area contributed by atoms with Gasteiger partial charge in [0, 0.05) is 43.9 Å². The molecule has 3 aromatic rings. The molecule has 0 aliphatic carbocycles. The van der Waals surface area contributed by atoms with Gasteiger partial charge in [0.25, 0.3) is 5.91 Å². The predicted molar refractivity (Wildman–Crippen MR) is 139 cm³/mol. The molecule has 2 saturated heterocycles. The van der Waals surface area contributed by atoms with Crippen LogP contribution in [0.25, 0.3) is 16.9 Å². The lowest BCUT2D eigenvalue weighted by Gasteiger charge is -2.34. The molecule has 2 aliphatic heterocycles. The Morgan fingerprint density at radius 2 is 1.50 bits per heavy atom. The fourth-order valence-electron chi connectivity index (χ4n) is 5.25. The summed E-state index contributed by atoms with van der Waals surface area (Å²) in [7, 11) is 1.63. The van der Waals surface area contributed by atoms with Crippen molar-refractivity contribution in [1.82, 2.24) is 19.6 Å². The topological polar surface area (TPSA) is 67.7 Å². The average molecular weight is 487 g/mol. The van der Waals surface area contributed by atoms with E-state index in [9.17, 15) is 9.59 Å². The highest BCUT2D eigenvalue weighted by Gasteiger charge is 2.32. The summed E-state index contributed by atoms with van der Waals surface area (Å²) in [4.78, 5) is 30.8. The molecule has 0 bridgehead atoms. The number of carbonyl (C=O) groups excluding carboxylic acids is 2. The van der Waals surface area contributed by atoms with E-state index in [1.54, 1.807) is 11.8 Å². The molecule has 7 heteroatoms. The highest BCUT2D eigenvalue weighted by Crippen LogP contribution is 2.29. The van der Waals surface area contributed by atoms with Crippen LogP contribution in [0, 0.1) is 5.92 Å². The first-order chi connectivity index (χ1) is 17.6. The number of para-hydroxylation sites is 1. The molecule has 3 heterocycles. The van der Waals surface area contributed by atoms with E-state index in [2.05, 4.69) is 4.90 Å². The van der Waals surface area contributed by atoms with Crippen molar-refractivity contribution in [3.8, 4) is 22.7 Å². The van der Waals surface area contributed by atoms with Gasteiger partial charge in [0.1, 0.15) is 11.4 Å². The number of aromatic nitrogens is 2. The van der Waals surface area contributed by atoms with Crippen molar-refractivity contribution in [2.75, 3.05) is 33.3 Å². The van der Waals surface area contributed by atoms with Crippen molar-refractivity contribution in [3.05, 3.63) is 66.4 Å². The maximum absolute atomic E-state index is 13.7. The van der Waals surface area contributed by atoms with Gasteiger partial charge in [-0.3, -0.25) is 9.59 Å². The number of methoxy groups -OCH3 is 1. The fourth-order valence-corrected chi connectivity index (χ4v) is 5.25. The molecular formula is C29H34N4O3. The van der Waals surface area contributed by atoms with Crippen LogP contribution >= 0.6 is 0 Å². The van der Waals surface area contributed by atoms with Crippen LogP contribution in [0.4, 0.5) is 0 Å². The maximum atomic E-state index is 13.7. The van der Waals surface area contributed by atoms with Crippen molar-refractivity contribution >= 4 is 11.8 Å². The van der Waals surface area contributed by atoms with Crippen LogP contribution in [0.1, 0.15) is 48.9 Å². The number of piperidine rings is 1. The summed E-state index contributed by atoms with van der Waals surface area (Å²) in [5.74, 6) is 1.01. The van der Waals surface area contributed by atoms with E-state index in [0.717, 1.165) is 42.9 Å². The van der Waals surface area contributed by atoms with Gasteiger partial charge in [0.15, 0.2) is 0 Å². The lowest BCUT2D eigenvalue weighted by atomic mass is 9.94. The van der Waals surface area contributed by atoms with Gasteiger partial charge in [0.2, 0.25) is 5.91 Å². The molecule has 2 amide bonds. The Kier molecular flexibility index (Phi) is 7.35. The van der Waals surface area contributed by atoms with E-state index >= 15 is 0 Å². The van der Waals surface area contributed by atoms with Crippen LogP contribution in [-0.4, -0.2) is 64.7 Å². The summed E-state index contributed by atoms with van der Waals surface area (Å²) in [6, 6.07) is 17.4. The van der Waals surface area contributed by atoms with Gasteiger partial charge in [-0.2, -0.15) is 5.10 Å². The van der Waals surface area contributed by atoms with E-state index < -0.39 is 0 Å². The van der Waals surface area contributed by atoms with Crippen LogP contribution < -0.4 is 4.74 Å². The number of benzene rings is 2. The van der Waals surface area contributed by atoms with Crippen molar-refractivity contribution in [2.24, 2.45) is 5.92 Å². The quantitative estimate of drug-likeness (QED) is 0.519. The minimum Gasteiger partial charge on any atom is -0.497 e. The molecule has 0 atom stereocenters. The number of nitrogens with zero attached hydrogens (tertiary/aromatic N) is 4. The van der Waals surface area contributed by atoms with E-state index in [1.165, 1.54) is 12.8 Å². The molecule has 2 fully saturated rings. The molecule has 0 radical (unpaired) electrons. The Morgan fingerprint density at radius 3 is 2.14 bits per heavy atom. The zero-order valence-electron chi connectivity index (χ0n) is 20.9. The molecular weight excluding hydrogens is 452 g/mol. The number of rotatable bonds is 5. The van der Waals surface area contributed by atoms with E-state index in [-0.39, 0.29) is 17.7 Å². The summed E-state index contributed by atoms with van der Waals surface area (Å²) < 4.78 is 7.07. The summed E-state index contributed by atoms with van der Waals surface area (Å²) in [6.07, 6.45) is 7.88. The normalized spacial score (nSPS) is 17.0. The SMILES string of the molecule is COc1ccc(-c2nn(-c3ccccc3)cc2C(=O)N2CCC(C(=O)N3CCCCCC3)CC2)cc1. The lowest BCUT2D eigenvalue weighted by molar-refractivity contribution is -0.136. The molecule has 188 valence electrons. The zero-order valence-corrected chi connectivity index (χ0v) is 20.9. The van der Waals surface area contributed by atoms with Crippen LogP contribution in [-0.2, 0) is 4.79 Å². The molecule has 0 saturated carbocycles. The van der Waals surface area contributed by atoms with Gasteiger partial charge in [-0.15, -0.1) is 0 Å². The minimum atomic E-state index is -0.0383. The summed E-state index contributed by atoms with van der Waals surface area (Å²) >= 11 is 0. The third-order valence-electron chi connectivity index (χ3n) is 7.38. The highest BCUT2D eigenvalue weighted by molar-refractivity contribution is 6.00. The number of carbonyl (C=O) groups is 2. The molecule has 0 spiro atoms. The smallest absolute Gasteiger partial charge is 0.257 e. The van der Waals surface area contributed by atoms with Gasteiger partial charge in [0.05, 0.1) is 18.4 Å². The largest absolute Gasteiger partial charge is 0.497 e. The number of amides is 2. The minimum absolute atomic E-state index is 0.0141. The van der Waals surface area contributed by atoms with Gasteiger partial charge in [-0.1, -0.05) is 31.0 Å². The van der Waals surface area contributed by atoms with Crippen LogP contribution in [0.15, 0.2) is 60.8 Å². The number of hydrogen-bond acceptors (Lipinski definition) is 4. The summed E-state index contributed by atoms with van der Waals surface area (Å²) in [5, 5.41) is 4.80. The number of hydrogen-bond donors (Lipinski definition) is 0. The van der Waals surface area contributed by atoms with Crippen LogP contribution in [0.3, 0.4) is 0 Å². The highest BCUT2D eigenvalue weighted by atomic mass is 16.5. The Labute approximate surface area is 212 Å². The van der Waals surface area contributed by atoms with Crippen LogP contribution in [0.5, 0.6) is 5.75 Å². The maximum Gasteiger partial charge on any atom is 0.257 e. The van der Waals surface area contributed by atoms with E-state index in [4.69, 9.17) is 9.84 Å². The Morgan fingerprint density at radius 1 is 0.833 bits per heavy atom. The van der Waals surface area contributed by atoms with Crippen molar-refractivity contribution in [1.29, 1.82) is 0 Å². The van der Waals surface area contributed by atoms with E-state index in [0.29, 0.717) is 37.2 Å².